The lowest BCUT2D eigenvalue weighted by Gasteiger charge is -2.05. The average molecular weight is 246 g/mol. The first-order valence-corrected chi connectivity index (χ1v) is 6.25. The number of hydrogen-bond donors (Lipinski definition) is 2. The lowest BCUT2D eigenvalue weighted by atomic mass is 10.1. The van der Waals surface area contributed by atoms with Gasteiger partial charge in [0.25, 0.3) is 0 Å². The maximum absolute atomic E-state index is 11.8. The number of amides is 2. The molecule has 0 radical (unpaired) electrons. The van der Waals surface area contributed by atoms with Gasteiger partial charge in [-0.1, -0.05) is 30.3 Å². The van der Waals surface area contributed by atoms with Crippen LogP contribution in [0.15, 0.2) is 30.3 Å². The van der Waals surface area contributed by atoms with E-state index in [-0.39, 0.29) is 17.7 Å². The van der Waals surface area contributed by atoms with Crippen molar-refractivity contribution in [1.29, 1.82) is 0 Å². The molecule has 1 fully saturated rings. The lowest BCUT2D eigenvalue weighted by molar-refractivity contribution is -0.123. The SMILES string of the molecule is CC(=O)NCCNC(=O)C1CC1c1ccccc1. The first kappa shape index (κ1) is 12.6. The minimum absolute atomic E-state index is 0.0715. The van der Waals surface area contributed by atoms with Crippen LogP contribution in [0.4, 0.5) is 0 Å². The van der Waals surface area contributed by atoms with Gasteiger partial charge in [0.05, 0.1) is 0 Å². The Morgan fingerprint density at radius 1 is 1.17 bits per heavy atom. The second-order valence-electron chi connectivity index (χ2n) is 4.63. The van der Waals surface area contributed by atoms with Crippen LogP contribution < -0.4 is 10.6 Å². The minimum Gasteiger partial charge on any atom is -0.355 e. The van der Waals surface area contributed by atoms with E-state index in [9.17, 15) is 9.59 Å². The molecular weight excluding hydrogens is 228 g/mol. The van der Waals surface area contributed by atoms with Crippen molar-refractivity contribution in [3.8, 4) is 0 Å². The van der Waals surface area contributed by atoms with Crippen LogP contribution in [0.3, 0.4) is 0 Å². The molecule has 0 bridgehead atoms. The summed E-state index contributed by atoms with van der Waals surface area (Å²) in [5, 5.41) is 5.50. The van der Waals surface area contributed by atoms with E-state index in [1.54, 1.807) is 0 Å². The number of rotatable bonds is 5. The fourth-order valence-electron chi connectivity index (χ4n) is 2.11. The molecule has 18 heavy (non-hydrogen) atoms. The molecule has 1 aliphatic rings. The third kappa shape index (κ3) is 3.32. The highest BCUT2D eigenvalue weighted by molar-refractivity contribution is 5.83. The van der Waals surface area contributed by atoms with Gasteiger partial charge in [0.1, 0.15) is 0 Å². The number of carbonyl (C=O) groups excluding carboxylic acids is 2. The van der Waals surface area contributed by atoms with E-state index < -0.39 is 0 Å². The largest absolute Gasteiger partial charge is 0.355 e. The van der Waals surface area contributed by atoms with Crippen LogP contribution in [0, 0.1) is 5.92 Å². The zero-order valence-corrected chi connectivity index (χ0v) is 10.5. The Kier molecular flexibility index (Phi) is 3.97. The molecule has 1 aromatic rings. The van der Waals surface area contributed by atoms with Gasteiger partial charge in [-0.25, -0.2) is 0 Å². The Bertz CT molecular complexity index is 431. The van der Waals surface area contributed by atoms with Crippen LogP contribution in [0.5, 0.6) is 0 Å². The summed E-state index contributed by atoms with van der Waals surface area (Å²) in [6.45, 7) is 2.45. The van der Waals surface area contributed by atoms with Crippen molar-refractivity contribution >= 4 is 11.8 Å². The molecular formula is C14H18N2O2. The van der Waals surface area contributed by atoms with Gasteiger partial charge < -0.3 is 10.6 Å². The highest BCUT2D eigenvalue weighted by Gasteiger charge is 2.43. The number of benzene rings is 1. The predicted molar refractivity (Wildman–Crippen MR) is 69.0 cm³/mol. The van der Waals surface area contributed by atoms with Gasteiger partial charge in [-0.15, -0.1) is 0 Å². The second kappa shape index (κ2) is 5.67. The summed E-state index contributed by atoms with van der Waals surface area (Å²) < 4.78 is 0. The summed E-state index contributed by atoms with van der Waals surface area (Å²) in [6.07, 6.45) is 0.927. The zero-order valence-electron chi connectivity index (χ0n) is 10.5. The number of hydrogen-bond acceptors (Lipinski definition) is 2. The molecule has 4 heteroatoms. The van der Waals surface area contributed by atoms with E-state index in [1.807, 2.05) is 18.2 Å². The van der Waals surface area contributed by atoms with E-state index in [4.69, 9.17) is 0 Å². The molecule has 0 aliphatic heterocycles. The monoisotopic (exact) mass is 246 g/mol. The molecule has 0 aromatic heterocycles. The smallest absolute Gasteiger partial charge is 0.223 e. The summed E-state index contributed by atoms with van der Waals surface area (Å²) >= 11 is 0. The lowest BCUT2D eigenvalue weighted by Crippen LogP contribution is -2.34. The second-order valence-corrected chi connectivity index (χ2v) is 4.63. The van der Waals surface area contributed by atoms with Crippen molar-refractivity contribution < 1.29 is 9.59 Å². The Morgan fingerprint density at radius 2 is 1.83 bits per heavy atom. The van der Waals surface area contributed by atoms with Crippen molar-refractivity contribution in [3.63, 3.8) is 0 Å². The van der Waals surface area contributed by atoms with Crippen LogP contribution in [-0.2, 0) is 9.59 Å². The Hall–Kier alpha value is -1.84. The van der Waals surface area contributed by atoms with Crippen molar-refractivity contribution in [2.24, 2.45) is 5.92 Å². The van der Waals surface area contributed by atoms with Crippen LogP contribution >= 0.6 is 0 Å². The van der Waals surface area contributed by atoms with Crippen LogP contribution in [0.2, 0.25) is 0 Å². The molecule has 1 aliphatic carbocycles. The summed E-state index contributed by atoms with van der Waals surface area (Å²) in [4.78, 5) is 22.5. The molecule has 1 saturated carbocycles. The van der Waals surface area contributed by atoms with Crippen molar-refractivity contribution in [3.05, 3.63) is 35.9 Å². The first-order chi connectivity index (χ1) is 8.68. The highest BCUT2D eigenvalue weighted by Crippen LogP contribution is 2.47. The quantitative estimate of drug-likeness (QED) is 0.763. The molecule has 2 N–H and O–H groups in total. The Morgan fingerprint density at radius 3 is 2.50 bits per heavy atom. The third-order valence-corrected chi connectivity index (χ3v) is 3.15. The fraction of sp³-hybridized carbons (Fsp3) is 0.429. The maximum atomic E-state index is 11.8. The van der Waals surface area contributed by atoms with Crippen LogP contribution in [0.1, 0.15) is 24.8 Å². The van der Waals surface area contributed by atoms with Crippen molar-refractivity contribution in [2.75, 3.05) is 13.1 Å². The summed E-state index contributed by atoms with van der Waals surface area (Å²) in [7, 11) is 0. The molecule has 2 atom stereocenters. The van der Waals surface area contributed by atoms with Crippen molar-refractivity contribution in [1.82, 2.24) is 10.6 Å². The minimum atomic E-state index is -0.0715. The van der Waals surface area contributed by atoms with Crippen LogP contribution in [-0.4, -0.2) is 24.9 Å². The van der Waals surface area contributed by atoms with Gasteiger partial charge in [-0.3, -0.25) is 9.59 Å². The molecule has 4 nitrogen and oxygen atoms in total. The maximum Gasteiger partial charge on any atom is 0.223 e. The van der Waals surface area contributed by atoms with E-state index in [0.29, 0.717) is 19.0 Å². The standard InChI is InChI=1S/C14H18N2O2/c1-10(17)15-7-8-16-14(18)13-9-12(13)11-5-3-2-4-6-11/h2-6,12-13H,7-9H2,1H3,(H,15,17)(H,16,18). The predicted octanol–water partition coefficient (Wildman–Crippen LogP) is 1.04. The van der Waals surface area contributed by atoms with Gasteiger partial charge in [0, 0.05) is 25.9 Å². The zero-order chi connectivity index (χ0) is 13.0. The molecule has 0 saturated heterocycles. The first-order valence-electron chi connectivity index (χ1n) is 6.25. The van der Waals surface area contributed by atoms with E-state index in [2.05, 4.69) is 22.8 Å². The number of carbonyl (C=O) groups is 2. The van der Waals surface area contributed by atoms with Gasteiger partial charge in [0.2, 0.25) is 11.8 Å². The normalized spacial score (nSPS) is 21.2. The molecule has 2 unspecified atom stereocenters. The van der Waals surface area contributed by atoms with E-state index >= 15 is 0 Å². The molecule has 2 amide bonds. The van der Waals surface area contributed by atoms with Gasteiger partial charge in [0.15, 0.2) is 0 Å². The Labute approximate surface area is 107 Å². The molecule has 1 aromatic carbocycles. The van der Waals surface area contributed by atoms with E-state index in [0.717, 1.165) is 6.42 Å². The summed E-state index contributed by atoms with van der Waals surface area (Å²) in [5.41, 5.74) is 1.24. The van der Waals surface area contributed by atoms with Crippen LogP contribution in [0.25, 0.3) is 0 Å². The average Bonchev–Trinajstić information content (AvgIpc) is 3.15. The molecule has 2 rings (SSSR count). The Balaban J connectivity index is 1.71. The van der Waals surface area contributed by atoms with Gasteiger partial charge in [-0.05, 0) is 17.9 Å². The highest BCUT2D eigenvalue weighted by atomic mass is 16.2. The van der Waals surface area contributed by atoms with Gasteiger partial charge >= 0.3 is 0 Å². The van der Waals surface area contributed by atoms with Crippen molar-refractivity contribution in [2.45, 2.75) is 19.3 Å². The summed E-state index contributed by atoms with van der Waals surface area (Å²) in [6, 6.07) is 10.1. The van der Waals surface area contributed by atoms with E-state index in [1.165, 1.54) is 12.5 Å². The van der Waals surface area contributed by atoms with Gasteiger partial charge in [-0.2, -0.15) is 0 Å². The summed E-state index contributed by atoms with van der Waals surface area (Å²) in [5.74, 6) is 0.490. The molecule has 0 spiro atoms. The third-order valence-electron chi connectivity index (χ3n) is 3.15. The number of nitrogens with one attached hydrogen (secondary N) is 2. The topological polar surface area (TPSA) is 58.2 Å². The molecule has 0 heterocycles. The fourth-order valence-corrected chi connectivity index (χ4v) is 2.11. The molecule has 96 valence electrons.